The van der Waals surface area contributed by atoms with E-state index in [9.17, 15) is 8.78 Å². The summed E-state index contributed by atoms with van der Waals surface area (Å²) < 4.78 is 26.6. The van der Waals surface area contributed by atoms with Crippen molar-refractivity contribution < 1.29 is 8.78 Å². The molecule has 1 aromatic carbocycles. The molecular weight excluding hydrogens is 260 g/mol. The molecule has 112 valence electrons. The normalized spacial score (nSPS) is 13.2. The summed E-state index contributed by atoms with van der Waals surface area (Å²) in [6, 6.07) is 4.54. The highest BCUT2D eigenvalue weighted by Crippen LogP contribution is 2.11. The van der Waals surface area contributed by atoms with Gasteiger partial charge in [-0.15, -0.1) is 0 Å². The Labute approximate surface area is 119 Å². The molecule has 0 aliphatic carbocycles. The van der Waals surface area contributed by atoms with Gasteiger partial charge < -0.3 is 10.6 Å². The van der Waals surface area contributed by atoms with Gasteiger partial charge in [0.25, 0.3) is 0 Å². The zero-order valence-corrected chi connectivity index (χ0v) is 12.3. The van der Waals surface area contributed by atoms with Gasteiger partial charge in [0.05, 0.1) is 0 Å². The Morgan fingerprint density at radius 1 is 1.30 bits per heavy atom. The monoisotopic (exact) mass is 283 g/mol. The van der Waals surface area contributed by atoms with Gasteiger partial charge in [0.15, 0.2) is 17.6 Å². The maximum Gasteiger partial charge on any atom is 0.191 e. The Balaban J connectivity index is 2.61. The number of nitrogens with one attached hydrogen (secondary N) is 2. The van der Waals surface area contributed by atoms with Crippen LogP contribution in [0.4, 0.5) is 8.78 Å². The van der Waals surface area contributed by atoms with Crippen LogP contribution in [0.25, 0.3) is 0 Å². The molecule has 0 radical (unpaired) electrons. The molecule has 0 amide bonds. The minimum Gasteiger partial charge on any atom is -0.357 e. The molecular formula is C15H23F2N3. The molecule has 1 atom stereocenters. The van der Waals surface area contributed by atoms with E-state index in [1.165, 1.54) is 6.07 Å². The Hall–Kier alpha value is -1.65. The third-order valence-electron chi connectivity index (χ3n) is 3.02. The number of rotatable bonds is 6. The minimum absolute atomic E-state index is 0.318. The maximum atomic E-state index is 13.5. The van der Waals surface area contributed by atoms with Crippen LogP contribution < -0.4 is 10.6 Å². The second-order valence-electron chi connectivity index (χ2n) is 4.68. The van der Waals surface area contributed by atoms with Gasteiger partial charge in [-0.05, 0) is 38.3 Å². The van der Waals surface area contributed by atoms with Crippen LogP contribution >= 0.6 is 0 Å². The summed E-state index contributed by atoms with van der Waals surface area (Å²) in [7, 11) is 0. The zero-order chi connectivity index (χ0) is 15.0. The van der Waals surface area contributed by atoms with Crippen molar-refractivity contribution in [2.75, 3.05) is 13.1 Å². The third kappa shape index (κ3) is 5.15. The second kappa shape index (κ2) is 8.51. The predicted molar refractivity (Wildman–Crippen MR) is 78.9 cm³/mol. The minimum atomic E-state index is -0.809. The molecule has 0 saturated carbocycles. The first kappa shape index (κ1) is 16.4. The number of benzene rings is 1. The zero-order valence-electron chi connectivity index (χ0n) is 12.3. The van der Waals surface area contributed by atoms with E-state index in [2.05, 4.69) is 29.5 Å². The molecule has 0 saturated heterocycles. The predicted octanol–water partition coefficient (Wildman–Crippen LogP) is 2.86. The Morgan fingerprint density at radius 2 is 2.05 bits per heavy atom. The number of guanidine groups is 1. The summed E-state index contributed by atoms with van der Waals surface area (Å²) in [5.74, 6) is -0.877. The first-order valence-corrected chi connectivity index (χ1v) is 7.06. The van der Waals surface area contributed by atoms with E-state index in [1.54, 1.807) is 6.07 Å². The van der Waals surface area contributed by atoms with Gasteiger partial charge in [0.2, 0.25) is 0 Å². The fourth-order valence-corrected chi connectivity index (χ4v) is 1.69. The summed E-state index contributed by atoms with van der Waals surface area (Å²) in [4.78, 5) is 4.37. The van der Waals surface area contributed by atoms with Gasteiger partial charge in [0.1, 0.15) is 0 Å². The Bertz CT molecular complexity index is 447. The van der Waals surface area contributed by atoms with Crippen LogP contribution in [0.1, 0.15) is 32.8 Å². The summed E-state index contributed by atoms with van der Waals surface area (Å²) in [5.41, 5.74) is 0.355. The standard InChI is InChI=1S/C15H23F2N3/c1-4-11(3)20-15(18-5-2)19-10-9-12-7-6-8-13(16)14(12)17/h6-8,11H,4-5,9-10H2,1-3H3,(H2,18,19,20). The summed E-state index contributed by atoms with van der Waals surface area (Å²) in [5, 5.41) is 6.38. The van der Waals surface area contributed by atoms with Crippen LogP contribution in [-0.4, -0.2) is 25.1 Å². The molecule has 1 unspecified atom stereocenters. The lowest BCUT2D eigenvalue weighted by Crippen LogP contribution is -2.42. The molecule has 0 bridgehead atoms. The first-order valence-electron chi connectivity index (χ1n) is 7.06. The van der Waals surface area contributed by atoms with Crippen molar-refractivity contribution in [2.24, 2.45) is 4.99 Å². The summed E-state index contributed by atoms with van der Waals surface area (Å²) >= 11 is 0. The molecule has 2 N–H and O–H groups in total. The van der Waals surface area contributed by atoms with Gasteiger partial charge in [-0.25, -0.2) is 8.78 Å². The van der Waals surface area contributed by atoms with Crippen LogP contribution in [0.15, 0.2) is 23.2 Å². The van der Waals surface area contributed by atoms with Crippen LogP contribution in [-0.2, 0) is 6.42 Å². The van der Waals surface area contributed by atoms with E-state index in [4.69, 9.17) is 0 Å². The lowest BCUT2D eigenvalue weighted by Gasteiger charge is -2.16. The average molecular weight is 283 g/mol. The van der Waals surface area contributed by atoms with Crippen molar-refractivity contribution in [3.8, 4) is 0 Å². The van der Waals surface area contributed by atoms with Crippen LogP contribution in [0.2, 0.25) is 0 Å². The van der Waals surface area contributed by atoms with Crippen molar-refractivity contribution in [1.29, 1.82) is 0 Å². The topological polar surface area (TPSA) is 36.4 Å². The van der Waals surface area contributed by atoms with Crippen LogP contribution in [0.5, 0.6) is 0 Å². The van der Waals surface area contributed by atoms with E-state index in [1.807, 2.05) is 6.92 Å². The highest BCUT2D eigenvalue weighted by molar-refractivity contribution is 5.80. The lowest BCUT2D eigenvalue weighted by atomic mass is 10.1. The SMILES string of the molecule is CCNC(=NCCc1cccc(F)c1F)NC(C)CC. The molecule has 0 fully saturated rings. The molecule has 0 heterocycles. The van der Waals surface area contributed by atoms with E-state index in [-0.39, 0.29) is 0 Å². The third-order valence-corrected chi connectivity index (χ3v) is 3.02. The Morgan fingerprint density at radius 3 is 2.70 bits per heavy atom. The number of aliphatic imine (C=N–C) groups is 1. The molecule has 3 nitrogen and oxygen atoms in total. The molecule has 20 heavy (non-hydrogen) atoms. The fraction of sp³-hybridized carbons (Fsp3) is 0.533. The summed E-state index contributed by atoms with van der Waals surface area (Å²) in [6.07, 6.45) is 1.36. The van der Waals surface area contributed by atoms with E-state index < -0.39 is 11.6 Å². The van der Waals surface area contributed by atoms with Crippen LogP contribution in [0.3, 0.4) is 0 Å². The molecule has 1 rings (SSSR count). The van der Waals surface area contributed by atoms with Crippen LogP contribution in [0, 0.1) is 11.6 Å². The fourth-order valence-electron chi connectivity index (χ4n) is 1.69. The van der Waals surface area contributed by atoms with Gasteiger partial charge in [-0.2, -0.15) is 0 Å². The van der Waals surface area contributed by atoms with Crippen molar-refractivity contribution in [1.82, 2.24) is 10.6 Å². The Kier molecular flexibility index (Phi) is 6.98. The van der Waals surface area contributed by atoms with Gasteiger partial charge in [-0.3, -0.25) is 4.99 Å². The molecule has 1 aromatic rings. The number of hydrogen-bond acceptors (Lipinski definition) is 1. The van der Waals surface area contributed by atoms with E-state index in [0.717, 1.165) is 19.0 Å². The largest absolute Gasteiger partial charge is 0.357 e. The van der Waals surface area contributed by atoms with Gasteiger partial charge in [-0.1, -0.05) is 19.1 Å². The molecule has 0 spiro atoms. The molecule has 0 aliphatic heterocycles. The average Bonchev–Trinajstić information content (AvgIpc) is 2.43. The van der Waals surface area contributed by atoms with Gasteiger partial charge in [0, 0.05) is 19.1 Å². The van der Waals surface area contributed by atoms with Crippen molar-refractivity contribution in [3.05, 3.63) is 35.4 Å². The molecule has 0 aliphatic rings. The maximum absolute atomic E-state index is 13.5. The first-order chi connectivity index (χ1) is 9.58. The smallest absolute Gasteiger partial charge is 0.191 e. The van der Waals surface area contributed by atoms with E-state index >= 15 is 0 Å². The van der Waals surface area contributed by atoms with Crippen molar-refractivity contribution in [3.63, 3.8) is 0 Å². The highest BCUT2D eigenvalue weighted by Gasteiger charge is 2.07. The quantitative estimate of drug-likeness (QED) is 0.622. The number of nitrogens with zero attached hydrogens (tertiary/aromatic N) is 1. The molecule has 5 heteroatoms. The molecule has 0 aromatic heterocycles. The van der Waals surface area contributed by atoms with E-state index in [0.29, 0.717) is 30.5 Å². The van der Waals surface area contributed by atoms with Gasteiger partial charge >= 0.3 is 0 Å². The second-order valence-corrected chi connectivity index (χ2v) is 4.68. The van der Waals surface area contributed by atoms with Crippen molar-refractivity contribution >= 4 is 5.96 Å². The highest BCUT2D eigenvalue weighted by atomic mass is 19.2. The lowest BCUT2D eigenvalue weighted by molar-refractivity contribution is 0.499. The number of halogens is 2. The van der Waals surface area contributed by atoms with Crippen molar-refractivity contribution in [2.45, 2.75) is 39.7 Å². The summed E-state index contributed by atoms with van der Waals surface area (Å²) in [6.45, 7) is 7.31. The number of hydrogen-bond donors (Lipinski definition) is 2.